The summed E-state index contributed by atoms with van der Waals surface area (Å²) < 4.78 is 0. The molecule has 0 aromatic heterocycles. The smallest absolute Gasteiger partial charge is 0.222 e. The minimum Gasteiger partial charge on any atom is -0.340 e. The number of Topliss-reactive ketones (excluding diaryl/α,β-unsaturated/α-hetero) is 1. The molecule has 3 rings (SSSR count). The van der Waals surface area contributed by atoms with Crippen molar-refractivity contribution in [1.82, 2.24) is 9.80 Å². The van der Waals surface area contributed by atoms with Gasteiger partial charge in [0.15, 0.2) is 0 Å². The zero-order valence-electron chi connectivity index (χ0n) is 15.0. The number of piperazine rings is 1. The summed E-state index contributed by atoms with van der Waals surface area (Å²) in [6.07, 6.45) is 6.46. The Balaban J connectivity index is 1.39. The van der Waals surface area contributed by atoms with E-state index in [0.717, 1.165) is 45.4 Å². The maximum Gasteiger partial charge on any atom is 0.222 e. The molecule has 0 unspecified atom stereocenters. The second-order valence-electron chi connectivity index (χ2n) is 8.39. The van der Waals surface area contributed by atoms with E-state index in [-0.39, 0.29) is 5.92 Å². The monoisotopic (exact) mass is 320 g/mol. The molecular weight excluding hydrogens is 288 g/mol. The van der Waals surface area contributed by atoms with Crippen LogP contribution in [0.25, 0.3) is 0 Å². The summed E-state index contributed by atoms with van der Waals surface area (Å²) in [5.74, 6) is 1.34. The summed E-state index contributed by atoms with van der Waals surface area (Å²) in [4.78, 5) is 28.6. The molecule has 3 fully saturated rings. The molecule has 1 spiro atoms. The summed E-state index contributed by atoms with van der Waals surface area (Å²) in [6.45, 7) is 9.98. The molecule has 1 heterocycles. The molecule has 2 saturated carbocycles. The molecule has 23 heavy (non-hydrogen) atoms. The summed E-state index contributed by atoms with van der Waals surface area (Å²) in [6, 6.07) is 0.702. The Morgan fingerprint density at radius 3 is 2.17 bits per heavy atom. The van der Waals surface area contributed by atoms with Crippen molar-refractivity contribution >= 4 is 11.7 Å². The van der Waals surface area contributed by atoms with Crippen LogP contribution >= 0.6 is 0 Å². The first kappa shape index (κ1) is 16.9. The molecule has 1 saturated heterocycles. The van der Waals surface area contributed by atoms with Crippen LogP contribution in [0, 0.1) is 17.3 Å². The number of hydrogen-bond acceptors (Lipinski definition) is 3. The first-order valence-corrected chi connectivity index (χ1v) is 9.49. The maximum atomic E-state index is 12.0. The van der Waals surface area contributed by atoms with Gasteiger partial charge < -0.3 is 4.90 Å². The van der Waals surface area contributed by atoms with Crippen molar-refractivity contribution in [2.45, 2.75) is 65.3 Å². The Morgan fingerprint density at radius 1 is 1.04 bits per heavy atom. The number of carbonyl (C=O) groups is 2. The fourth-order valence-corrected chi connectivity index (χ4v) is 4.90. The topological polar surface area (TPSA) is 40.6 Å². The van der Waals surface area contributed by atoms with Gasteiger partial charge in [-0.25, -0.2) is 0 Å². The molecule has 0 bridgehead atoms. The molecular formula is C19H32N2O2. The van der Waals surface area contributed by atoms with E-state index in [4.69, 9.17) is 0 Å². The van der Waals surface area contributed by atoms with Gasteiger partial charge in [0.25, 0.3) is 0 Å². The third-order valence-corrected chi connectivity index (χ3v) is 6.31. The fraction of sp³-hybridized carbons (Fsp3) is 0.895. The lowest BCUT2D eigenvalue weighted by Crippen LogP contribution is -2.61. The maximum absolute atomic E-state index is 12.0. The van der Waals surface area contributed by atoms with Gasteiger partial charge in [-0.3, -0.25) is 14.5 Å². The molecule has 3 aliphatic rings. The number of carbonyl (C=O) groups excluding carboxylic acids is 2. The number of amides is 1. The van der Waals surface area contributed by atoms with E-state index in [0.29, 0.717) is 35.5 Å². The number of hydrogen-bond donors (Lipinski definition) is 0. The van der Waals surface area contributed by atoms with Crippen LogP contribution in [0.5, 0.6) is 0 Å². The van der Waals surface area contributed by atoms with Crippen molar-refractivity contribution < 1.29 is 9.59 Å². The van der Waals surface area contributed by atoms with Crippen molar-refractivity contribution in [2.75, 3.05) is 26.2 Å². The third kappa shape index (κ3) is 3.33. The summed E-state index contributed by atoms with van der Waals surface area (Å²) in [7, 11) is 0. The van der Waals surface area contributed by atoms with Crippen LogP contribution in [0.2, 0.25) is 0 Å². The van der Waals surface area contributed by atoms with Gasteiger partial charge in [-0.15, -0.1) is 0 Å². The predicted molar refractivity (Wildman–Crippen MR) is 91.1 cm³/mol. The van der Waals surface area contributed by atoms with Crippen molar-refractivity contribution in [3.8, 4) is 0 Å². The summed E-state index contributed by atoms with van der Waals surface area (Å²) >= 11 is 0. The summed E-state index contributed by atoms with van der Waals surface area (Å²) in [5.41, 5.74) is 0.495. The van der Waals surface area contributed by atoms with Gasteiger partial charge in [0.1, 0.15) is 5.78 Å². The van der Waals surface area contributed by atoms with Crippen molar-refractivity contribution in [3.63, 3.8) is 0 Å². The molecule has 4 heteroatoms. The van der Waals surface area contributed by atoms with E-state index in [2.05, 4.69) is 11.8 Å². The van der Waals surface area contributed by atoms with E-state index in [9.17, 15) is 9.59 Å². The Morgan fingerprint density at radius 2 is 1.65 bits per heavy atom. The van der Waals surface area contributed by atoms with Crippen LogP contribution in [0.1, 0.15) is 59.3 Å². The lowest BCUT2D eigenvalue weighted by Gasteiger charge is -2.60. The minimum absolute atomic E-state index is 0.196. The first-order valence-electron chi connectivity index (χ1n) is 9.49. The molecule has 0 atom stereocenters. The SMILES string of the molecule is CCCC(=O)N1CCN([C@H]2CC3(C[C@H](C(=O)C(C)C)C3)C2)CC1. The second kappa shape index (κ2) is 6.54. The molecule has 4 nitrogen and oxygen atoms in total. The zero-order valence-corrected chi connectivity index (χ0v) is 15.0. The van der Waals surface area contributed by atoms with Crippen LogP contribution in [0.15, 0.2) is 0 Å². The predicted octanol–water partition coefficient (Wildman–Crippen LogP) is 2.71. The fourth-order valence-electron chi connectivity index (χ4n) is 4.90. The molecule has 130 valence electrons. The largest absolute Gasteiger partial charge is 0.340 e. The Hall–Kier alpha value is -0.900. The molecule has 1 aliphatic heterocycles. The zero-order chi connectivity index (χ0) is 16.6. The minimum atomic E-state index is 0.196. The highest BCUT2D eigenvalue weighted by Crippen LogP contribution is 2.60. The van der Waals surface area contributed by atoms with Crippen LogP contribution in [-0.2, 0) is 9.59 Å². The van der Waals surface area contributed by atoms with Crippen molar-refractivity contribution in [3.05, 3.63) is 0 Å². The molecule has 0 aromatic carbocycles. The van der Waals surface area contributed by atoms with Crippen molar-refractivity contribution in [1.29, 1.82) is 0 Å². The average molecular weight is 320 g/mol. The van der Waals surface area contributed by atoms with Crippen LogP contribution in [-0.4, -0.2) is 53.7 Å². The standard InChI is InChI=1S/C19H32N2O2/c1-4-5-17(22)21-8-6-20(7-9-21)16-12-19(13-16)10-15(11-19)18(23)14(2)3/h14-16H,4-13H2,1-3H3/t15-,16-,19?. The van der Waals surface area contributed by atoms with E-state index < -0.39 is 0 Å². The molecule has 0 N–H and O–H groups in total. The van der Waals surface area contributed by atoms with E-state index in [1.165, 1.54) is 12.8 Å². The van der Waals surface area contributed by atoms with Gasteiger partial charge >= 0.3 is 0 Å². The normalized spacial score (nSPS) is 34.3. The Kier molecular flexibility index (Phi) is 4.82. The molecule has 1 amide bonds. The van der Waals surface area contributed by atoms with Gasteiger partial charge in [0.2, 0.25) is 5.91 Å². The Bertz CT molecular complexity index is 452. The lowest BCUT2D eigenvalue weighted by atomic mass is 9.48. The molecule has 0 radical (unpaired) electrons. The van der Waals surface area contributed by atoms with E-state index in [1.807, 2.05) is 18.7 Å². The third-order valence-electron chi connectivity index (χ3n) is 6.31. The van der Waals surface area contributed by atoms with Gasteiger partial charge in [-0.05, 0) is 37.5 Å². The Labute approximate surface area is 140 Å². The van der Waals surface area contributed by atoms with Crippen LogP contribution in [0.4, 0.5) is 0 Å². The number of rotatable bonds is 5. The average Bonchev–Trinajstić information content (AvgIpc) is 2.45. The van der Waals surface area contributed by atoms with Crippen LogP contribution < -0.4 is 0 Å². The second-order valence-corrected chi connectivity index (χ2v) is 8.39. The van der Waals surface area contributed by atoms with Crippen LogP contribution in [0.3, 0.4) is 0 Å². The molecule has 0 aromatic rings. The van der Waals surface area contributed by atoms with Crippen molar-refractivity contribution in [2.24, 2.45) is 17.3 Å². The highest BCUT2D eigenvalue weighted by Gasteiger charge is 2.55. The molecule has 2 aliphatic carbocycles. The van der Waals surface area contributed by atoms with Gasteiger partial charge in [0.05, 0.1) is 0 Å². The summed E-state index contributed by atoms with van der Waals surface area (Å²) in [5, 5.41) is 0. The van der Waals surface area contributed by atoms with Gasteiger partial charge in [-0.1, -0.05) is 20.8 Å². The van der Waals surface area contributed by atoms with E-state index in [1.54, 1.807) is 0 Å². The lowest BCUT2D eigenvalue weighted by molar-refractivity contribution is -0.146. The number of nitrogens with zero attached hydrogens (tertiary/aromatic N) is 2. The van der Waals surface area contributed by atoms with Gasteiger partial charge in [0, 0.05) is 50.5 Å². The highest BCUT2D eigenvalue weighted by atomic mass is 16.2. The van der Waals surface area contributed by atoms with Gasteiger partial charge in [-0.2, -0.15) is 0 Å². The highest BCUT2D eigenvalue weighted by molar-refractivity contribution is 5.83. The first-order chi connectivity index (χ1) is 10.9. The quantitative estimate of drug-likeness (QED) is 0.782. The number of ketones is 1. The van der Waals surface area contributed by atoms with E-state index >= 15 is 0 Å².